The van der Waals surface area contributed by atoms with E-state index in [0.29, 0.717) is 20.1 Å². The monoisotopic (exact) mass is 349 g/mol. The van der Waals surface area contributed by atoms with Crippen molar-refractivity contribution in [2.75, 3.05) is 7.05 Å². The summed E-state index contributed by atoms with van der Waals surface area (Å²) in [6.07, 6.45) is 0. The number of benzene rings is 2. The van der Waals surface area contributed by atoms with E-state index in [2.05, 4.69) is 5.73 Å². The molecular formula is C15H15Cl4N. The van der Waals surface area contributed by atoms with E-state index >= 15 is 0 Å². The summed E-state index contributed by atoms with van der Waals surface area (Å²) < 4.78 is 0. The summed E-state index contributed by atoms with van der Waals surface area (Å²) in [6, 6.07) is 11.2. The summed E-state index contributed by atoms with van der Waals surface area (Å²) in [5.74, 6) is 0.0300. The molecule has 0 aliphatic heterocycles. The fourth-order valence-corrected chi connectivity index (χ4v) is 2.82. The van der Waals surface area contributed by atoms with Crippen molar-refractivity contribution >= 4 is 46.4 Å². The minimum Gasteiger partial charge on any atom is -0.333 e. The van der Waals surface area contributed by atoms with Crippen LogP contribution in [-0.2, 0) is 0 Å². The fourth-order valence-electron chi connectivity index (χ4n) is 1.88. The van der Waals surface area contributed by atoms with E-state index < -0.39 is 0 Å². The molecule has 5 heteroatoms. The molecule has 0 saturated heterocycles. The number of hydrogen-bond donors (Lipinski definition) is 1. The van der Waals surface area contributed by atoms with E-state index in [1.807, 2.05) is 31.2 Å². The predicted molar refractivity (Wildman–Crippen MR) is 90.6 cm³/mol. The molecule has 1 nitrogen and oxygen atoms in total. The van der Waals surface area contributed by atoms with Gasteiger partial charge in [-0.25, -0.2) is 0 Å². The third-order valence-electron chi connectivity index (χ3n) is 2.90. The van der Waals surface area contributed by atoms with Crippen LogP contribution in [0.4, 0.5) is 0 Å². The van der Waals surface area contributed by atoms with Crippen LogP contribution in [0.5, 0.6) is 0 Å². The van der Waals surface area contributed by atoms with Gasteiger partial charge in [-0.3, -0.25) is 0 Å². The van der Waals surface area contributed by atoms with Crippen LogP contribution in [0.1, 0.15) is 24.0 Å². The van der Waals surface area contributed by atoms with E-state index in [1.165, 1.54) is 7.05 Å². The van der Waals surface area contributed by atoms with Crippen LogP contribution in [0, 0.1) is 0 Å². The maximum absolute atomic E-state index is 6.22. The van der Waals surface area contributed by atoms with Gasteiger partial charge in [0.1, 0.15) is 0 Å². The molecule has 0 fully saturated rings. The SMILES string of the molecule is CC(c1cccc(Cl)c1Cl)c1cccc(Cl)c1Cl.CN. The van der Waals surface area contributed by atoms with E-state index in [0.717, 1.165) is 11.1 Å². The zero-order valence-corrected chi connectivity index (χ0v) is 14.2. The second-order valence-corrected chi connectivity index (χ2v) is 5.58. The predicted octanol–water partition coefficient (Wildman–Crippen LogP) is 6.03. The number of nitrogens with two attached hydrogens (primary N) is 1. The highest BCUT2D eigenvalue weighted by Crippen LogP contribution is 2.38. The largest absolute Gasteiger partial charge is 0.333 e. The van der Waals surface area contributed by atoms with E-state index in [-0.39, 0.29) is 5.92 Å². The molecule has 2 rings (SSSR count). The Kier molecular flexibility index (Phi) is 7.14. The van der Waals surface area contributed by atoms with Gasteiger partial charge in [-0.2, -0.15) is 0 Å². The molecule has 0 aromatic heterocycles. The quantitative estimate of drug-likeness (QED) is 0.703. The summed E-state index contributed by atoms with van der Waals surface area (Å²) >= 11 is 24.5. The Labute approximate surface area is 139 Å². The van der Waals surface area contributed by atoms with Gasteiger partial charge in [0.2, 0.25) is 0 Å². The Balaban J connectivity index is 0.000000956. The first-order chi connectivity index (χ1) is 9.52. The topological polar surface area (TPSA) is 26.0 Å². The normalized spacial score (nSPS) is 10.2. The molecule has 0 aliphatic rings. The smallest absolute Gasteiger partial charge is 0.0630 e. The van der Waals surface area contributed by atoms with Crippen molar-refractivity contribution in [1.82, 2.24) is 0 Å². The van der Waals surface area contributed by atoms with Gasteiger partial charge in [-0.15, -0.1) is 0 Å². The Morgan fingerprint density at radius 1 is 0.750 bits per heavy atom. The molecule has 0 saturated carbocycles. The van der Waals surface area contributed by atoms with Crippen LogP contribution in [0.15, 0.2) is 36.4 Å². The van der Waals surface area contributed by atoms with Crippen LogP contribution < -0.4 is 5.73 Å². The van der Waals surface area contributed by atoms with Crippen molar-refractivity contribution in [2.45, 2.75) is 12.8 Å². The molecule has 0 spiro atoms. The lowest BCUT2D eigenvalue weighted by atomic mass is 9.93. The highest BCUT2D eigenvalue weighted by molar-refractivity contribution is 6.43. The molecule has 0 radical (unpaired) electrons. The molecule has 2 aromatic rings. The third kappa shape index (κ3) is 3.81. The highest BCUT2D eigenvalue weighted by Gasteiger charge is 2.17. The number of halogens is 4. The van der Waals surface area contributed by atoms with Gasteiger partial charge in [-0.05, 0) is 30.3 Å². The second kappa shape index (κ2) is 8.11. The van der Waals surface area contributed by atoms with Gasteiger partial charge in [-0.1, -0.05) is 77.6 Å². The standard InChI is InChI=1S/C14H10Cl4.CH5N/c1-8(9-4-2-6-11(15)13(9)17)10-5-3-7-12(16)14(10)18;1-2/h2-8H,1H3;2H2,1H3. The summed E-state index contributed by atoms with van der Waals surface area (Å²) in [5, 5.41) is 2.20. The first-order valence-corrected chi connectivity index (χ1v) is 7.49. The first-order valence-electron chi connectivity index (χ1n) is 5.98. The van der Waals surface area contributed by atoms with Crippen molar-refractivity contribution in [1.29, 1.82) is 0 Å². The van der Waals surface area contributed by atoms with Crippen molar-refractivity contribution in [3.63, 3.8) is 0 Å². The first kappa shape index (κ1) is 17.6. The summed E-state index contributed by atoms with van der Waals surface area (Å²) in [7, 11) is 1.50. The van der Waals surface area contributed by atoms with Gasteiger partial charge in [0.15, 0.2) is 0 Å². The van der Waals surface area contributed by atoms with Crippen molar-refractivity contribution < 1.29 is 0 Å². The Bertz CT molecular complexity index is 533. The van der Waals surface area contributed by atoms with Gasteiger partial charge in [0, 0.05) is 5.92 Å². The van der Waals surface area contributed by atoms with Crippen LogP contribution in [0.3, 0.4) is 0 Å². The van der Waals surface area contributed by atoms with E-state index in [9.17, 15) is 0 Å². The molecule has 0 bridgehead atoms. The lowest BCUT2D eigenvalue weighted by Gasteiger charge is -2.16. The van der Waals surface area contributed by atoms with Crippen molar-refractivity contribution in [3.8, 4) is 0 Å². The maximum Gasteiger partial charge on any atom is 0.0630 e. The molecule has 0 atom stereocenters. The van der Waals surface area contributed by atoms with Gasteiger partial charge < -0.3 is 5.73 Å². The summed E-state index contributed by atoms with van der Waals surface area (Å²) in [6.45, 7) is 2.02. The molecular weight excluding hydrogens is 336 g/mol. The van der Waals surface area contributed by atoms with Crippen LogP contribution in [0.2, 0.25) is 20.1 Å². The fraction of sp³-hybridized carbons (Fsp3) is 0.200. The number of rotatable bonds is 2. The van der Waals surface area contributed by atoms with Gasteiger partial charge in [0.25, 0.3) is 0 Å². The molecule has 2 N–H and O–H groups in total. The van der Waals surface area contributed by atoms with E-state index in [1.54, 1.807) is 12.1 Å². The molecule has 0 amide bonds. The average molecular weight is 351 g/mol. The Hall–Kier alpha value is -0.440. The summed E-state index contributed by atoms with van der Waals surface area (Å²) in [5.41, 5.74) is 6.38. The number of hydrogen-bond acceptors (Lipinski definition) is 1. The van der Waals surface area contributed by atoms with Gasteiger partial charge in [0.05, 0.1) is 20.1 Å². The highest BCUT2D eigenvalue weighted by atomic mass is 35.5. The molecule has 0 aliphatic carbocycles. The van der Waals surface area contributed by atoms with Gasteiger partial charge >= 0.3 is 0 Å². The Morgan fingerprint density at radius 2 is 1.10 bits per heavy atom. The van der Waals surface area contributed by atoms with E-state index in [4.69, 9.17) is 46.4 Å². The van der Waals surface area contributed by atoms with Crippen LogP contribution >= 0.6 is 46.4 Å². The molecule has 0 unspecified atom stereocenters. The molecule has 108 valence electrons. The Morgan fingerprint density at radius 3 is 1.45 bits per heavy atom. The minimum atomic E-state index is 0.0300. The van der Waals surface area contributed by atoms with Crippen LogP contribution in [0.25, 0.3) is 0 Å². The maximum atomic E-state index is 6.22. The zero-order valence-electron chi connectivity index (χ0n) is 11.1. The zero-order chi connectivity index (χ0) is 15.3. The van der Waals surface area contributed by atoms with Crippen molar-refractivity contribution in [3.05, 3.63) is 67.6 Å². The lowest BCUT2D eigenvalue weighted by Crippen LogP contribution is -1.98. The molecule has 20 heavy (non-hydrogen) atoms. The summed E-state index contributed by atoms with van der Waals surface area (Å²) in [4.78, 5) is 0. The second-order valence-electron chi connectivity index (χ2n) is 4.01. The van der Waals surface area contributed by atoms with Crippen molar-refractivity contribution in [2.24, 2.45) is 5.73 Å². The van der Waals surface area contributed by atoms with Crippen LogP contribution in [-0.4, -0.2) is 7.05 Å². The lowest BCUT2D eigenvalue weighted by molar-refractivity contribution is 0.923. The average Bonchev–Trinajstić information content (AvgIpc) is 2.46. The minimum absolute atomic E-state index is 0.0300. The third-order valence-corrected chi connectivity index (χ3v) is 4.56. The molecule has 0 heterocycles. The molecule has 2 aromatic carbocycles.